The summed E-state index contributed by atoms with van der Waals surface area (Å²) in [5.74, 6) is -0.393. The average Bonchev–Trinajstić information content (AvgIpc) is 3.32. The van der Waals surface area contributed by atoms with Crippen LogP contribution in [-0.2, 0) is 21.2 Å². The van der Waals surface area contributed by atoms with Crippen molar-refractivity contribution in [3.8, 4) is 0 Å². The highest BCUT2D eigenvalue weighted by Gasteiger charge is 2.31. The van der Waals surface area contributed by atoms with E-state index in [1.807, 2.05) is 24.3 Å². The van der Waals surface area contributed by atoms with Crippen LogP contribution in [-0.4, -0.2) is 23.1 Å². The Hall–Kier alpha value is -3.14. The summed E-state index contributed by atoms with van der Waals surface area (Å²) in [6.45, 7) is 0. The number of aryl methyl sites for hydroxylation is 1. The molecule has 0 bridgehead atoms. The molecule has 4 aromatic rings. The first kappa shape index (κ1) is 21.7. The molecule has 3 aromatic carbocycles. The fraction of sp³-hybridized carbons (Fsp3) is 0.208. The first-order valence-electron chi connectivity index (χ1n) is 10.7. The number of carbonyl (C=O) groups excluding carboxylic acids is 1. The van der Waals surface area contributed by atoms with E-state index in [0.29, 0.717) is 16.6 Å². The van der Waals surface area contributed by atoms with Crippen molar-refractivity contribution in [2.24, 2.45) is 0 Å². The van der Waals surface area contributed by atoms with Crippen molar-refractivity contribution in [3.05, 3.63) is 89.5 Å². The number of hydrogen-bond acceptors (Lipinski definition) is 6. The molecule has 2 atom stereocenters. The smallest absolute Gasteiger partial charge is 0.243 e. The second-order valence-electron chi connectivity index (χ2n) is 8.01. The number of sulfonamides is 1. The highest BCUT2D eigenvalue weighted by atomic mass is 32.2. The molecule has 7 nitrogen and oxygen atoms in total. The number of rotatable bonds is 6. The summed E-state index contributed by atoms with van der Waals surface area (Å²) >= 11 is 0.950. The maximum absolute atomic E-state index is 13.5. The molecule has 168 valence electrons. The third kappa shape index (κ3) is 4.39. The lowest BCUT2D eigenvalue weighted by atomic mass is 9.87. The second-order valence-corrected chi connectivity index (χ2v) is 10.2. The van der Waals surface area contributed by atoms with Crippen LogP contribution < -0.4 is 10.0 Å². The minimum absolute atomic E-state index is 0.00509. The number of nitrogens with one attached hydrogen (secondary N) is 2. The van der Waals surface area contributed by atoms with Gasteiger partial charge in [-0.2, -0.15) is 13.5 Å². The Balaban J connectivity index is 1.47. The molecule has 9 heteroatoms. The standard InChI is InChI=1S/C24H22N4O3S2/c29-24(25-19-13-6-11-16-8-4-5-12-18(16)19)22(17-9-2-1-3-10-17)28-33(30,31)21-15-7-14-20-23(21)27-32-26-20/h1-5,7-10,12,14-15,19,22,28H,6,11,13H2,(H,25,29). The van der Waals surface area contributed by atoms with E-state index in [0.717, 1.165) is 36.6 Å². The molecule has 0 fully saturated rings. The van der Waals surface area contributed by atoms with Gasteiger partial charge in [-0.3, -0.25) is 4.79 Å². The summed E-state index contributed by atoms with van der Waals surface area (Å²) in [7, 11) is -4.06. The van der Waals surface area contributed by atoms with Crippen LogP contribution in [0, 0.1) is 0 Å². The lowest BCUT2D eigenvalue weighted by molar-refractivity contribution is -0.123. The molecule has 1 aliphatic rings. The molecule has 0 saturated heterocycles. The minimum Gasteiger partial charge on any atom is -0.348 e. The van der Waals surface area contributed by atoms with Gasteiger partial charge in [0.15, 0.2) is 0 Å². The Kier molecular flexibility index (Phi) is 5.92. The molecule has 1 heterocycles. The van der Waals surface area contributed by atoms with E-state index in [-0.39, 0.29) is 10.9 Å². The zero-order chi connectivity index (χ0) is 22.8. The van der Waals surface area contributed by atoms with Crippen LogP contribution in [0.2, 0.25) is 0 Å². The van der Waals surface area contributed by atoms with Gasteiger partial charge in [-0.25, -0.2) is 8.42 Å². The van der Waals surface area contributed by atoms with Crippen molar-refractivity contribution in [1.29, 1.82) is 0 Å². The van der Waals surface area contributed by atoms with Crippen molar-refractivity contribution in [3.63, 3.8) is 0 Å². The molecule has 2 N–H and O–H groups in total. The molecule has 1 amide bonds. The molecule has 0 aliphatic heterocycles. The summed E-state index contributed by atoms with van der Waals surface area (Å²) < 4.78 is 37.6. The number of aromatic nitrogens is 2. The average molecular weight is 479 g/mol. The monoisotopic (exact) mass is 478 g/mol. The number of fused-ring (bicyclic) bond motifs is 2. The van der Waals surface area contributed by atoms with Crippen molar-refractivity contribution < 1.29 is 13.2 Å². The molecule has 33 heavy (non-hydrogen) atoms. The SMILES string of the molecule is O=C(NC1CCCc2ccccc21)C(NS(=O)(=O)c1cccc2nsnc12)c1ccccc1. The summed E-state index contributed by atoms with van der Waals surface area (Å²) in [5, 5.41) is 3.09. The van der Waals surface area contributed by atoms with Gasteiger partial charge in [0.25, 0.3) is 0 Å². The highest BCUT2D eigenvalue weighted by molar-refractivity contribution is 7.89. The third-order valence-corrected chi connectivity index (χ3v) is 7.89. The van der Waals surface area contributed by atoms with E-state index >= 15 is 0 Å². The largest absolute Gasteiger partial charge is 0.348 e. The van der Waals surface area contributed by atoms with Gasteiger partial charge < -0.3 is 5.32 Å². The summed E-state index contributed by atoms with van der Waals surface area (Å²) in [4.78, 5) is 13.5. The number of amides is 1. The molecule has 0 saturated carbocycles. The van der Waals surface area contributed by atoms with Crippen LogP contribution in [0.25, 0.3) is 11.0 Å². The van der Waals surface area contributed by atoms with Crippen molar-refractivity contribution in [2.45, 2.75) is 36.2 Å². The lowest BCUT2D eigenvalue weighted by Crippen LogP contribution is -2.42. The van der Waals surface area contributed by atoms with Gasteiger partial charge >= 0.3 is 0 Å². The Labute approximate surface area is 196 Å². The Morgan fingerprint density at radius 2 is 1.76 bits per heavy atom. The summed E-state index contributed by atoms with van der Waals surface area (Å²) in [5.41, 5.74) is 3.66. The normalized spacial score (nSPS) is 16.8. The van der Waals surface area contributed by atoms with E-state index in [2.05, 4.69) is 24.9 Å². The highest BCUT2D eigenvalue weighted by Crippen LogP contribution is 2.30. The molecule has 0 spiro atoms. The summed E-state index contributed by atoms with van der Waals surface area (Å²) in [6, 6.07) is 20.5. The maximum Gasteiger partial charge on any atom is 0.243 e. The molecule has 5 rings (SSSR count). The number of nitrogens with zero attached hydrogens (tertiary/aromatic N) is 2. The van der Waals surface area contributed by atoms with Crippen molar-refractivity contribution in [1.82, 2.24) is 18.8 Å². The van der Waals surface area contributed by atoms with Crippen LogP contribution in [0.3, 0.4) is 0 Å². The third-order valence-electron chi connectivity index (χ3n) is 5.89. The minimum atomic E-state index is -4.06. The van der Waals surface area contributed by atoms with Crippen molar-refractivity contribution >= 4 is 38.7 Å². The van der Waals surface area contributed by atoms with E-state index in [9.17, 15) is 13.2 Å². The van der Waals surface area contributed by atoms with E-state index in [4.69, 9.17) is 0 Å². The quantitative estimate of drug-likeness (QED) is 0.438. The molecule has 2 unspecified atom stereocenters. The first-order valence-corrected chi connectivity index (χ1v) is 12.9. The topological polar surface area (TPSA) is 101 Å². The fourth-order valence-electron chi connectivity index (χ4n) is 4.29. The lowest BCUT2D eigenvalue weighted by Gasteiger charge is -2.28. The first-order chi connectivity index (χ1) is 16.0. The van der Waals surface area contributed by atoms with Gasteiger partial charge in [0.2, 0.25) is 15.9 Å². The van der Waals surface area contributed by atoms with Gasteiger partial charge in [-0.15, -0.1) is 0 Å². The van der Waals surface area contributed by atoms with Gasteiger partial charge in [-0.05, 0) is 48.1 Å². The van der Waals surface area contributed by atoms with Crippen LogP contribution in [0.1, 0.15) is 41.6 Å². The number of carbonyl (C=O) groups is 1. The molecule has 0 radical (unpaired) electrons. The van der Waals surface area contributed by atoms with Crippen molar-refractivity contribution in [2.75, 3.05) is 0 Å². The zero-order valence-corrected chi connectivity index (χ0v) is 19.3. The number of hydrogen-bond donors (Lipinski definition) is 2. The zero-order valence-electron chi connectivity index (χ0n) is 17.6. The van der Waals surface area contributed by atoms with Gasteiger partial charge in [0, 0.05) is 0 Å². The molecular formula is C24H22N4O3S2. The van der Waals surface area contributed by atoms with E-state index < -0.39 is 22.0 Å². The van der Waals surface area contributed by atoms with Crippen LogP contribution >= 0.6 is 11.7 Å². The predicted octanol–water partition coefficient (Wildman–Crippen LogP) is 3.90. The second kappa shape index (κ2) is 9.01. The Bertz CT molecular complexity index is 1400. The molecule has 1 aliphatic carbocycles. The Morgan fingerprint density at radius 3 is 2.61 bits per heavy atom. The summed E-state index contributed by atoms with van der Waals surface area (Å²) in [6.07, 6.45) is 2.74. The van der Waals surface area contributed by atoms with Gasteiger partial charge in [-0.1, -0.05) is 60.7 Å². The Morgan fingerprint density at radius 1 is 0.970 bits per heavy atom. The van der Waals surface area contributed by atoms with Crippen LogP contribution in [0.5, 0.6) is 0 Å². The van der Waals surface area contributed by atoms with Gasteiger partial charge in [0.1, 0.15) is 22.0 Å². The fourth-order valence-corrected chi connectivity index (χ4v) is 6.24. The molecular weight excluding hydrogens is 456 g/mol. The van der Waals surface area contributed by atoms with Crippen LogP contribution in [0.4, 0.5) is 0 Å². The molecule has 1 aromatic heterocycles. The maximum atomic E-state index is 13.5. The van der Waals surface area contributed by atoms with E-state index in [1.165, 1.54) is 11.6 Å². The predicted molar refractivity (Wildman–Crippen MR) is 127 cm³/mol. The van der Waals surface area contributed by atoms with Crippen LogP contribution in [0.15, 0.2) is 77.7 Å². The number of benzene rings is 3. The van der Waals surface area contributed by atoms with E-state index in [1.54, 1.807) is 36.4 Å². The van der Waals surface area contributed by atoms with Gasteiger partial charge in [0.05, 0.1) is 17.8 Å².